The number of phenolic OH excluding ortho intramolecular Hbond substituents is 2. The smallest absolute Gasteiger partial charge is 0.208 e. The third-order valence-electron chi connectivity index (χ3n) is 2.86. The summed E-state index contributed by atoms with van der Waals surface area (Å²) in [7, 11) is 0. The zero-order valence-electron chi connectivity index (χ0n) is 11.3. The summed E-state index contributed by atoms with van der Waals surface area (Å²) in [6.07, 6.45) is 2.35. The number of hydrogen-bond donors (Lipinski definition) is 2. The number of nitriles is 1. The van der Waals surface area contributed by atoms with Gasteiger partial charge in [0.2, 0.25) is 5.78 Å². The van der Waals surface area contributed by atoms with Crippen molar-refractivity contribution in [2.24, 2.45) is 5.18 Å². The van der Waals surface area contributed by atoms with Gasteiger partial charge in [0.25, 0.3) is 0 Å². The second-order valence-electron chi connectivity index (χ2n) is 4.29. The largest absolute Gasteiger partial charge is 0.504 e. The third-order valence-corrected chi connectivity index (χ3v) is 2.86. The van der Waals surface area contributed by atoms with Gasteiger partial charge < -0.3 is 14.7 Å². The van der Waals surface area contributed by atoms with E-state index < -0.39 is 23.0 Å². The van der Waals surface area contributed by atoms with E-state index >= 15 is 0 Å². The highest BCUT2D eigenvalue weighted by molar-refractivity contribution is 6.14. The molecule has 0 atom stereocenters. The first-order valence-corrected chi connectivity index (χ1v) is 5.95. The highest BCUT2D eigenvalue weighted by Crippen LogP contribution is 2.37. The summed E-state index contributed by atoms with van der Waals surface area (Å²) in [6, 6.07) is 3.95. The van der Waals surface area contributed by atoms with Crippen LogP contribution in [0.5, 0.6) is 11.5 Å². The van der Waals surface area contributed by atoms with Gasteiger partial charge in [0, 0.05) is 0 Å². The Kier molecular flexibility index (Phi) is 3.99. The Morgan fingerprint density at radius 3 is 2.73 bits per heavy atom. The molecule has 8 heteroatoms. The van der Waals surface area contributed by atoms with Gasteiger partial charge >= 0.3 is 0 Å². The molecule has 0 saturated heterocycles. The van der Waals surface area contributed by atoms with Gasteiger partial charge in [0.15, 0.2) is 17.2 Å². The Morgan fingerprint density at radius 2 is 2.18 bits per heavy atom. The number of rotatable bonds is 4. The summed E-state index contributed by atoms with van der Waals surface area (Å²) >= 11 is 0. The first-order chi connectivity index (χ1) is 10.5. The fourth-order valence-corrected chi connectivity index (χ4v) is 1.76. The van der Waals surface area contributed by atoms with Crippen molar-refractivity contribution < 1.29 is 19.5 Å². The summed E-state index contributed by atoms with van der Waals surface area (Å²) in [5.41, 5.74) is -0.376. The molecule has 0 saturated carbocycles. The summed E-state index contributed by atoms with van der Waals surface area (Å²) < 4.78 is 4.77. The lowest BCUT2D eigenvalue weighted by atomic mass is 10.0. The van der Waals surface area contributed by atoms with E-state index in [0.717, 1.165) is 18.2 Å². The molecule has 0 aliphatic rings. The second-order valence-corrected chi connectivity index (χ2v) is 4.29. The van der Waals surface area contributed by atoms with E-state index in [9.17, 15) is 19.9 Å². The normalized spacial score (nSPS) is 11.0. The molecule has 1 aromatic heterocycles. The Hall–Kier alpha value is -3.47. The van der Waals surface area contributed by atoms with Gasteiger partial charge in [-0.3, -0.25) is 4.79 Å². The quantitative estimate of drug-likeness (QED) is 0.291. The molecule has 0 spiro atoms. The molecular formula is C14H9N3O5. The fraction of sp³-hybridized carbons (Fsp3) is 0.0714. The molecule has 8 nitrogen and oxygen atoms in total. The summed E-state index contributed by atoms with van der Waals surface area (Å²) in [6.45, 7) is 1.52. The summed E-state index contributed by atoms with van der Waals surface area (Å²) in [5, 5.41) is 34.0. The van der Waals surface area contributed by atoms with Crippen molar-refractivity contribution in [3.8, 4) is 17.6 Å². The number of phenols is 2. The number of carbonyl (C=O) groups excluding carboxylic acids is 1. The molecule has 2 aromatic rings. The number of nitrogens with zero attached hydrogens (tertiary/aromatic N) is 3. The number of ketones is 1. The third kappa shape index (κ3) is 2.69. The molecule has 0 amide bonds. The van der Waals surface area contributed by atoms with Gasteiger partial charge in [-0.2, -0.15) is 5.26 Å². The molecule has 0 aliphatic carbocycles. The Balaban J connectivity index is 2.49. The molecular weight excluding hydrogens is 290 g/mol. The Morgan fingerprint density at radius 1 is 1.45 bits per heavy atom. The van der Waals surface area contributed by atoms with Crippen LogP contribution in [0.1, 0.15) is 21.7 Å². The number of aromatic hydroxyl groups is 2. The van der Waals surface area contributed by atoms with E-state index in [1.54, 1.807) is 6.07 Å². The number of aromatic nitrogens is 1. The number of allylic oxidation sites excluding steroid dienone is 1. The van der Waals surface area contributed by atoms with E-state index in [4.69, 9.17) is 9.78 Å². The van der Waals surface area contributed by atoms with Crippen LogP contribution in [0.25, 0.3) is 6.08 Å². The van der Waals surface area contributed by atoms with E-state index in [0.29, 0.717) is 0 Å². The highest BCUT2D eigenvalue weighted by atomic mass is 16.5. The lowest BCUT2D eigenvalue weighted by Crippen LogP contribution is -2.02. The summed E-state index contributed by atoms with van der Waals surface area (Å²) in [4.78, 5) is 22.7. The van der Waals surface area contributed by atoms with Crippen molar-refractivity contribution in [3.05, 3.63) is 45.7 Å². The molecule has 0 radical (unpaired) electrons. The first kappa shape index (κ1) is 14.9. The molecule has 2 N–H and O–H groups in total. The van der Waals surface area contributed by atoms with Crippen molar-refractivity contribution in [1.29, 1.82) is 5.26 Å². The van der Waals surface area contributed by atoms with E-state index in [2.05, 4.69) is 10.3 Å². The molecule has 0 fully saturated rings. The van der Waals surface area contributed by atoms with Crippen molar-refractivity contribution in [3.63, 3.8) is 0 Å². The second kappa shape index (κ2) is 5.88. The molecule has 0 aliphatic heterocycles. The number of aryl methyl sites for hydroxylation is 1. The van der Waals surface area contributed by atoms with Gasteiger partial charge in [-0.05, 0) is 35.9 Å². The van der Waals surface area contributed by atoms with Gasteiger partial charge in [-0.25, -0.2) is 0 Å². The SMILES string of the molecule is Cc1oncc1C(=O)/C(C#N)=C/c1cc(O)c(O)c(N=O)c1. The lowest BCUT2D eigenvalue weighted by molar-refractivity contribution is 0.103. The minimum Gasteiger partial charge on any atom is -0.504 e. The zero-order valence-corrected chi connectivity index (χ0v) is 11.3. The lowest BCUT2D eigenvalue weighted by Gasteiger charge is -2.02. The van der Waals surface area contributed by atoms with E-state index in [1.165, 1.54) is 13.1 Å². The van der Waals surface area contributed by atoms with Crippen LogP contribution >= 0.6 is 0 Å². The van der Waals surface area contributed by atoms with Crippen LogP contribution in [-0.4, -0.2) is 21.2 Å². The van der Waals surface area contributed by atoms with Crippen LogP contribution in [0, 0.1) is 23.2 Å². The van der Waals surface area contributed by atoms with Crippen LogP contribution in [-0.2, 0) is 0 Å². The first-order valence-electron chi connectivity index (χ1n) is 5.95. The maximum Gasteiger partial charge on any atom is 0.208 e. The molecule has 2 rings (SSSR count). The zero-order chi connectivity index (χ0) is 16.3. The van der Waals surface area contributed by atoms with Crippen molar-refractivity contribution >= 4 is 17.5 Å². The maximum atomic E-state index is 12.2. The monoisotopic (exact) mass is 299 g/mol. The summed E-state index contributed by atoms with van der Waals surface area (Å²) in [5.74, 6) is -1.62. The number of carbonyl (C=O) groups is 1. The average Bonchev–Trinajstić information content (AvgIpc) is 2.93. The van der Waals surface area contributed by atoms with Crippen LogP contribution in [0.4, 0.5) is 5.69 Å². The maximum absolute atomic E-state index is 12.2. The van der Waals surface area contributed by atoms with Crippen LogP contribution in [0.15, 0.2) is 33.6 Å². The molecule has 22 heavy (non-hydrogen) atoms. The van der Waals surface area contributed by atoms with Gasteiger partial charge in [-0.1, -0.05) is 5.16 Å². The predicted molar refractivity (Wildman–Crippen MR) is 74.4 cm³/mol. The highest BCUT2D eigenvalue weighted by Gasteiger charge is 2.18. The number of benzene rings is 1. The van der Waals surface area contributed by atoms with Crippen molar-refractivity contribution in [2.45, 2.75) is 6.92 Å². The molecule has 0 unspecified atom stereocenters. The number of hydrogen-bond acceptors (Lipinski definition) is 8. The van der Waals surface area contributed by atoms with E-state index in [1.807, 2.05) is 0 Å². The van der Waals surface area contributed by atoms with Crippen LogP contribution in [0.2, 0.25) is 0 Å². The molecule has 0 bridgehead atoms. The van der Waals surface area contributed by atoms with Gasteiger partial charge in [-0.15, -0.1) is 4.91 Å². The topological polar surface area (TPSA) is 137 Å². The molecule has 1 aromatic carbocycles. The van der Waals surface area contributed by atoms with Gasteiger partial charge in [0.1, 0.15) is 17.4 Å². The number of Topliss-reactive ketones (excluding diaryl/α,β-unsaturated/α-hetero) is 1. The minimum absolute atomic E-state index is 0.129. The Labute approximate surface area is 123 Å². The minimum atomic E-state index is -0.674. The number of nitroso groups, excluding NO2 is 1. The van der Waals surface area contributed by atoms with Gasteiger partial charge in [0.05, 0.1) is 11.8 Å². The van der Waals surface area contributed by atoms with Crippen LogP contribution < -0.4 is 0 Å². The fourth-order valence-electron chi connectivity index (χ4n) is 1.76. The standard InChI is InChI=1S/C14H9N3O5/c1-7-10(6-16-22-7)13(19)9(5-15)2-8-3-11(17-21)14(20)12(18)4-8/h2-4,6,18,20H,1H3/b9-2+. The van der Waals surface area contributed by atoms with Crippen molar-refractivity contribution in [1.82, 2.24) is 5.16 Å². The van der Waals surface area contributed by atoms with Crippen LogP contribution in [0.3, 0.4) is 0 Å². The predicted octanol–water partition coefficient (Wildman–Crippen LogP) is 2.58. The van der Waals surface area contributed by atoms with E-state index in [-0.39, 0.29) is 22.5 Å². The molecule has 110 valence electrons. The molecule has 1 heterocycles. The van der Waals surface area contributed by atoms with Crippen molar-refractivity contribution in [2.75, 3.05) is 0 Å². The Bertz CT molecular complexity index is 829. The average molecular weight is 299 g/mol.